The molecule has 0 aromatic heterocycles. The van der Waals surface area contributed by atoms with Crippen LogP contribution in [0.25, 0.3) is 0 Å². The molecular weight excluding hydrogens is 211 g/mol. The first-order valence-electron chi connectivity index (χ1n) is 4.90. The lowest BCUT2D eigenvalue weighted by Gasteiger charge is -2.13. The van der Waals surface area contributed by atoms with Crippen molar-refractivity contribution in [2.45, 2.75) is 13.0 Å². The lowest BCUT2D eigenvalue weighted by atomic mass is 10.2. The standard InChI is InChI=1S/C11H15FN2O2/c1-7(13-2)11(15)14-9-5-4-8(12)6-10(9)16-3/h4-7,13H,1-3H3,(H,14,15). The Morgan fingerprint density at radius 2 is 2.19 bits per heavy atom. The molecule has 1 amide bonds. The normalized spacial score (nSPS) is 12.0. The number of hydrogen-bond donors (Lipinski definition) is 2. The second-order valence-electron chi connectivity index (χ2n) is 3.34. The Hall–Kier alpha value is -1.62. The molecule has 88 valence electrons. The zero-order valence-corrected chi connectivity index (χ0v) is 9.50. The van der Waals surface area contributed by atoms with Gasteiger partial charge < -0.3 is 15.4 Å². The maximum Gasteiger partial charge on any atom is 0.241 e. The molecule has 0 aliphatic carbocycles. The van der Waals surface area contributed by atoms with E-state index in [-0.39, 0.29) is 11.9 Å². The number of carbonyl (C=O) groups excluding carboxylic acids is 1. The number of ether oxygens (including phenoxy) is 1. The number of methoxy groups -OCH3 is 1. The van der Waals surface area contributed by atoms with E-state index in [9.17, 15) is 9.18 Å². The highest BCUT2D eigenvalue weighted by Gasteiger charge is 2.13. The second-order valence-corrected chi connectivity index (χ2v) is 3.34. The zero-order valence-electron chi connectivity index (χ0n) is 9.50. The van der Waals surface area contributed by atoms with Crippen molar-refractivity contribution in [2.75, 3.05) is 19.5 Å². The van der Waals surface area contributed by atoms with Crippen LogP contribution in [0.15, 0.2) is 18.2 Å². The van der Waals surface area contributed by atoms with Gasteiger partial charge in [0.1, 0.15) is 11.6 Å². The smallest absolute Gasteiger partial charge is 0.241 e. The van der Waals surface area contributed by atoms with Crippen LogP contribution in [-0.2, 0) is 4.79 Å². The van der Waals surface area contributed by atoms with E-state index < -0.39 is 5.82 Å². The summed E-state index contributed by atoms with van der Waals surface area (Å²) in [5.41, 5.74) is 0.455. The summed E-state index contributed by atoms with van der Waals surface area (Å²) in [5.74, 6) is -0.305. The monoisotopic (exact) mass is 226 g/mol. The summed E-state index contributed by atoms with van der Waals surface area (Å²) in [6.07, 6.45) is 0. The van der Waals surface area contributed by atoms with Crippen molar-refractivity contribution in [2.24, 2.45) is 0 Å². The predicted octanol–water partition coefficient (Wildman–Crippen LogP) is 1.38. The molecule has 0 bridgehead atoms. The van der Waals surface area contributed by atoms with Crippen LogP contribution in [-0.4, -0.2) is 26.1 Å². The summed E-state index contributed by atoms with van der Waals surface area (Å²) in [5, 5.41) is 5.45. The van der Waals surface area contributed by atoms with Crippen molar-refractivity contribution in [3.05, 3.63) is 24.0 Å². The Morgan fingerprint density at radius 3 is 2.75 bits per heavy atom. The molecule has 0 fully saturated rings. The third-order valence-electron chi connectivity index (χ3n) is 2.25. The third kappa shape index (κ3) is 2.93. The van der Waals surface area contributed by atoms with Gasteiger partial charge in [-0.05, 0) is 26.1 Å². The fourth-order valence-corrected chi connectivity index (χ4v) is 1.14. The molecule has 0 aliphatic heterocycles. The molecule has 2 N–H and O–H groups in total. The highest BCUT2D eigenvalue weighted by atomic mass is 19.1. The summed E-state index contributed by atoms with van der Waals surface area (Å²) < 4.78 is 17.9. The van der Waals surface area contributed by atoms with Crippen molar-refractivity contribution in [3.8, 4) is 5.75 Å². The topological polar surface area (TPSA) is 50.4 Å². The minimum absolute atomic E-state index is 0.201. The van der Waals surface area contributed by atoms with Crippen LogP contribution in [0.1, 0.15) is 6.92 Å². The number of rotatable bonds is 4. The van der Waals surface area contributed by atoms with Crippen molar-refractivity contribution in [1.82, 2.24) is 5.32 Å². The van der Waals surface area contributed by atoms with E-state index in [1.54, 1.807) is 14.0 Å². The molecular formula is C11H15FN2O2. The zero-order chi connectivity index (χ0) is 12.1. The molecule has 0 radical (unpaired) electrons. The van der Waals surface area contributed by atoms with E-state index >= 15 is 0 Å². The Labute approximate surface area is 93.8 Å². The molecule has 0 saturated heterocycles. The summed E-state index contributed by atoms with van der Waals surface area (Å²) in [6, 6.07) is 3.63. The first-order valence-corrected chi connectivity index (χ1v) is 4.90. The summed E-state index contributed by atoms with van der Waals surface area (Å²) in [4.78, 5) is 11.6. The molecule has 16 heavy (non-hydrogen) atoms. The van der Waals surface area contributed by atoms with Gasteiger partial charge in [0.15, 0.2) is 0 Å². The largest absolute Gasteiger partial charge is 0.494 e. The molecule has 0 saturated carbocycles. The lowest BCUT2D eigenvalue weighted by molar-refractivity contribution is -0.117. The van der Waals surface area contributed by atoms with E-state index in [1.165, 1.54) is 25.3 Å². The van der Waals surface area contributed by atoms with Crippen molar-refractivity contribution in [1.29, 1.82) is 0 Å². The van der Waals surface area contributed by atoms with Crippen LogP contribution in [0, 0.1) is 5.82 Å². The third-order valence-corrected chi connectivity index (χ3v) is 2.25. The molecule has 0 aliphatic rings. The van der Waals surface area contributed by atoms with Gasteiger partial charge in [0.25, 0.3) is 0 Å². The van der Waals surface area contributed by atoms with Gasteiger partial charge in [-0.1, -0.05) is 0 Å². The molecule has 0 heterocycles. The van der Waals surface area contributed by atoms with E-state index in [4.69, 9.17) is 4.74 Å². The van der Waals surface area contributed by atoms with Gasteiger partial charge >= 0.3 is 0 Å². The molecule has 1 unspecified atom stereocenters. The number of hydrogen-bond acceptors (Lipinski definition) is 3. The van der Waals surface area contributed by atoms with Crippen LogP contribution < -0.4 is 15.4 Å². The molecule has 1 rings (SSSR count). The highest BCUT2D eigenvalue weighted by molar-refractivity contribution is 5.95. The minimum Gasteiger partial charge on any atom is -0.494 e. The number of benzene rings is 1. The maximum absolute atomic E-state index is 12.9. The number of nitrogens with one attached hydrogen (secondary N) is 2. The van der Waals surface area contributed by atoms with Gasteiger partial charge in [-0.2, -0.15) is 0 Å². The molecule has 0 spiro atoms. The quantitative estimate of drug-likeness (QED) is 0.815. The number of likely N-dealkylation sites (N-methyl/N-ethyl adjacent to an activating group) is 1. The number of anilines is 1. The number of halogens is 1. The van der Waals surface area contributed by atoms with Gasteiger partial charge in [0.2, 0.25) is 5.91 Å². The van der Waals surface area contributed by atoms with Gasteiger partial charge in [-0.25, -0.2) is 4.39 Å². The summed E-state index contributed by atoms with van der Waals surface area (Å²) in [6.45, 7) is 1.73. The highest BCUT2D eigenvalue weighted by Crippen LogP contribution is 2.24. The molecule has 1 aromatic carbocycles. The fraction of sp³-hybridized carbons (Fsp3) is 0.364. The molecule has 4 nitrogen and oxygen atoms in total. The number of amides is 1. The first kappa shape index (κ1) is 12.4. The van der Waals surface area contributed by atoms with Crippen LogP contribution in [0.5, 0.6) is 5.75 Å². The first-order chi connectivity index (χ1) is 7.58. The minimum atomic E-state index is -0.406. The van der Waals surface area contributed by atoms with Gasteiger partial charge in [0, 0.05) is 6.07 Å². The Morgan fingerprint density at radius 1 is 1.50 bits per heavy atom. The van der Waals surface area contributed by atoms with E-state index in [0.717, 1.165) is 0 Å². The SMILES string of the molecule is CNC(C)C(=O)Nc1ccc(F)cc1OC. The molecule has 5 heteroatoms. The van der Waals surface area contributed by atoms with E-state index in [2.05, 4.69) is 10.6 Å². The Bertz CT molecular complexity index is 382. The average Bonchev–Trinajstić information content (AvgIpc) is 2.30. The van der Waals surface area contributed by atoms with E-state index in [0.29, 0.717) is 11.4 Å². The lowest BCUT2D eigenvalue weighted by Crippen LogP contribution is -2.35. The average molecular weight is 226 g/mol. The van der Waals surface area contributed by atoms with Gasteiger partial charge in [-0.15, -0.1) is 0 Å². The number of carbonyl (C=O) groups is 1. The Balaban J connectivity index is 2.84. The van der Waals surface area contributed by atoms with E-state index in [1.807, 2.05) is 0 Å². The Kier molecular flexibility index (Phi) is 4.25. The second kappa shape index (κ2) is 5.46. The molecule has 1 atom stereocenters. The van der Waals surface area contributed by atoms with Gasteiger partial charge in [0.05, 0.1) is 18.8 Å². The van der Waals surface area contributed by atoms with Crippen LogP contribution in [0.3, 0.4) is 0 Å². The fourth-order valence-electron chi connectivity index (χ4n) is 1.14. The van der Waals surface area contributed by atoms with Crippen LogP contribution in [0.4, 0.5) is 10.1 Å². The summed E-state index contributed by atoms with van der Waals surface area (Å²) >= 11 is 0. The van der Waals surface area contributed by atoms with Crippen LogP contribution >= 0.6 is 0 Å². The molecule has 1 aromatic rings. The summed E-state index contributed by atoms with van der Waals surface area (Å²) in [7, 11) is 3.11. The predicted molar refractivity (Wildman–Crippen MR) is 60.1 cm³/mol. The van der Waals surface area contributed by atoms with Gasteiger partial charge in [-0.3, -0.25) is 4.79 Å². The van der Waals surface area contributed by atoms with Crippen molar-refractivity contribution < 1.29 is 13.9 Å². The maximum atomic E-state index is 12.9. The van der Waals surface area contributed by atoms with Crippen molar-refractivity contribution in [3.63, 3.8) is 0 Å². The van der Waals surface area contributed by atoms with Crippen LogP contribution in [0.2, 0.25) is 0 Å². The van der Waals surface area contributed by atoms with Crippen molar-refractivity contribution >= 4 is 11.6 Å².